The van der Waals surface area contributed by atoms with E-state index in [9.17, 15) is 18.0 Å². The first-order valence-corrected chi connectivity index (χ1v) is 8.65. The topological polar surface area (TPSA) is 51.3 Å². The second-order valence-corrected chi connectivity index (χ2v) is 5.78. The van der Waals surface area contributed by atoms with Gasteiger partial charge in [-0.25, -0.2) is 18.0 Å². The molecule has 2 rings (SSSR count). The average molecular weight is 369 g/mol. The Morgan fingerprint density at radius 2 is 1.81 bits per heavy atom. The number of benzene rings is 1. The third kappa shape index (κ3) is 4.59. The molecule has 0 fully saturated rings. The first-order valence-electron chi connectivity index (χ1n) is 8.65. The van der Waals surface area contributed by atoms with Gasteiger partial charge in [-0.15, -0.1) is 0 Å². The van der Waals surface area contributed by atoms with Gasteiger partial charge in [-0.3, -0.25) is 0 Å². The summed E-state index contributed by atoms with van der Waals surface area (Å²) in [5.41, 5.74) is -0.984. The van der Waals surface area contributed by atoms with Crippen LogP contribution in [0.5, 0.6) is 5.75 Å². The molecule has 142 valence electrons. The summed E-state index contributed by atoms with van der Waals surface area (Å²) in [6.45, 7) is 4.00. The summed E-state index contributed by atoms with van der Waals surface area (Å²) in [5.74, 6) is -3.75. The molecule has 0 aliphatic carbocycles. The summed E-state index contributed by atoms with van der Waals surface area (Å²) in [5, 5.41) is 0. The van der Waals surface area contributed by atoms with Gasteiger partial charge in [0.1, 0.15) is 5.82 Å². The highest BCUT2D eigenvalue weighted by atomic mass is 19.1. The molecule has 4 nitrogen and oxygen atoms in total. The smallest absolute Gasteiger partial charge is 0.357 e. The maximum absolute atomic E-state index is 14.4. The molecule has 0 bridgehead atoms. The van der Waals surface area contributed by atoms with Crippen LogP contribution >= 0.6 is 0 Å². The van der Waals surface area contributed by atoms with Crippen molar-refractivity contribution in [2.24, 2.45) is 0 Å². The van der Waals surface area contributed by atoms with Crippen molar-refractivity contribution < 1.29 is 27.4 Å². The van der Waals surface area contributed by atoms with Crippen LogP contribution in [0.3, 0.4) is 0 Å². The maximum Gasteiger partial charge on any atom is 0.357 e. The highest BCUT2D eigenvalue weighted by Crippen LogP contribution is 2.32. The van der Waals surface area contributed by atoms with Crippen molar-refractivity contribution in [3.63, 3.8) is 0 Å². The third-order valence-corrected chi connectivity index (χ3v) is 3.86. The zero-order chi connectivity index (χ0) is 19.1. The van der Waals surface area contributed by atoms with Crippen LogP contribution in [0.15, 0.2) is 18.3 Å². The second-order valence-electron chi connectivity index (χ2n) is 5.78. The lowest BCUT2D eigenvalue weighted by atomic mass is 10.1. The lowest BCUT2D eigenvalue weighted by molar-refractivity contribution is 0.0515. The number of halogens is 3. The van der Waals surface area contributed by atoms with E-state index in [-0.39, 0.29) is 30.1 Å². The first kappa shape index (κ1) is 19.9. The number of unbranched alkanes of at least 4 members (excludes halogenated alkanes) is 3. The van der Waals surface area contributed by atoms with Crippen molar-refractivity contribution in [3.05, 3.63) is 41.5 Å². The SMILES string of the molecule is CCCCCCOc1cc(F)c(-c2c[nH]c(C(=O)OCC)c2F)cc1F. The molecule has 0 amide bonds. The number of aromatic amines is 1. The Kier molecular flexibility index (Phi) is 7.12. The van der Waals surface area contributed by atoms with Gasteiger partial charge >= 0.3 is 5.97 Å². The van der Waals surface area contributed by atoms with Crippen LogP contribution in [-0.2, 0) is 4.74 Å². The number of carbonyl (C=O) groups excluding carboxylic acids is 1. The van der Waals surface area contributed by atoms with Gasteiger partial charge in [0, 0.05) is 23.4 Å². The van der Waals surface area contributed by atoms with Crippen LogP contribution in [0, 0.1) is 17.5 Å². The summed E-state index contributed by atoms with van der Waals surface area (Å²) in [4.78, 5) is 14.0. The molecule has 0 aliphatic heterocycles. The minimum absolute atomic E-state index is 0.0694. The zero-order valence-corrected chi connectivity index (χ0v) is 14.8. The van der Waals surface area contributed by atoms with Gasteiger partial charge < -0.3 is 14.5 Å². The molecule has 0 atom stereocenters. The lowest BCUT2D eigenvalue weighted by Crippen LogP contribution is -2.07. The Hall–Kier alpha value is -2.44. The maximum atomic E-state index is 14.4. The molecule has 0 radical (unpaired) electrons. The second kappa shape index (κ2) is 9.31. The van der Waals surface area contributed by atoms with Gasteiger partial charge in [-0.05, 0) is 19.4 Å². The number of carbonyl (C=O) groups is 1. The van der Waals surface area contributed by atoms with Gasteiger partial charge in [0.05, 0.1) is 13.2 Å². The highest BCUT2D eigenvalue weighted by molar-refractivity contribution is 5.90. The van der Waals surface area contributed by atoms with Crippen LogP contribution in [-0.4, -0.2) is 24.2 Å². The molecule has 0 aliphatic rings. The lowest BCUT2D eigenvalue weighted by Gasteiger charge is -2.09. The van der Waals surface area contributed by atoms with Crippen LogP contribution in [0.25, 0.3) is 11.1 Å². The fraction of sp³-hybridized carbons (Fsp3) is 0.421. The van der Waals surface area contributed by atoms with E-state index in [2.05, 4.69) is 11.9 Å². The van der Waals surface area contributed by atoms with Crippen LogP contribution in [0.2, 0.25) is 0 Å². The van der Waals surface area contributed by atoms with E-state index < -0.39 is 29.1 Å². The molecule has 1 heterocycles. The minimum atomic E-state index is -0.991. The predicted molar refractivity (Wildman–Crippen MR) is 91.7 cm³/mol. The number of ether oxygens (including phenoxy) is 2. The van der Waals surface area contributed by atoms with Crippen molar-refractivity contribution in [3.8, 4) is 16.9 Å². The summed E-state index contributed by atoms with van der Waals surface area (Å²) in [6.07, 6.45) is 4.91. The number of rotatable bonds is 9. The van der Waals surface area contributed by atoms with Gasteiger partial charge in [-0.2, -0.15) is 0 Å². The molecule has 0 saturated carbocycles. The fourth-order valence-corrected chi connectivity index (χ4v) is 2.51. The van der Waals surface area contributed by atoms with E-state index in [1.165, 1.54) is 0 Å². The molecule has 0 saturated heterocycles. The van der Waals surface area contributed by atoms with Crippen LogP contribution in [0.4, 0.5) is 13.2 Å². The normalized spacial score (nSPS) is 10.8. The Labute approximate surface area is 150 Å². The van der Waals surface area contributed by atoms with E-state index >= 15 is 0 Å². The largest absolute Gasteiger partial charge is 0.490 e. The van der Waals surface area contributed by atoms with Crippen molar-refractivity contribution in [2.45, 2.75) is 39.5 Å². The quantitative estimate of drug-likeness (QED) is 0.486. The number of esters is 1. The van der Waals surface area contributed by atoms with E-state index in [0.717, 1.165) is 44.0 Å². The first-order chi connectivity index (χ1) is 12.5. The molecule has 7 heteroatoms. The Bertz CT molecular complexity index is 759. The van der Waals surface area contributed by atoms with Crippen molar-refractivity contribution in [1.82, 2.24) is 4.98 Å². The molecule has 26 heavy (non-hydrogen) atoms. The molecule has 1 N–H and O–H groups in total. The van der Waals surface area contributed by atoms with Gasteiger partial charge in [0.25, 0.3) is 0 Å². The van der Waals surface area contributed by atoms with Gasteiger partial charge in [0.2, 0.25) is 0 Å². The predicted octanol–water partition coefficient (Wildman–Crippen LogP) is 5.23. The van der Waals surface area contributed by atoms with E-state index in [1.54, 1.807) is 6.92 Å². The van der Waals surface area contributed by atoms with Crippen molar-refractivity contribution >= 4 is 5.97 Å². The monoisotopic (exact) mass is 369 g/mol. The molecular formula is C19H22F3NO3. The minimum Gasteiger partial charge on any atom is -0.490 e. The molecule has 1 aromatic carbocycles. The summed E-state index contributed by atoms with van der Waals surface area (Å²) in [7, 11) is 0. The summed E-state index contributed by atoms with van der Waals surface area (Å²) >= 11 is 0. The number of hydrogen-bond donors (Lipinski definition) is 1. The highest BCUT2D eigenvalue weighted by Gasteiger charge is 2.23. The molecular weight excluding hydrogens is 347 g/mol. The summed E-state index contributed by atoms with van der Waals surface area (Å²) in [6, 6.07) is 1.75. The van der Waals surface area contributed by atoms with E-state index in [1.807, 2.05) is 0 Å². The fourth-order valence-electron chi connectivity index (χ4n) is 2.51. The molecule has 2 aromatic rings. The number of H-pyrrole nitrogens is 1. The number of nitrogens with one attached hydrogen (secondary N) is 1. The van der Waals surface area contributed by atoms with Crippen LogP contribution < -0.4 is 4.74 Å². The summed E-state index contributed by atoms with van der Waals surface area (Å²) < 4.78 is 52.9. The number of aromatic nitrogens is 1. The average Bonchev–Trinajstić information content (AvgIpc) is 2.99. The van der Waals surface area contributed by atoms with E-state index in [4.69, 9.17) is 9.47 Å². The van der Waals surface area contributed by atoms with Crippen molar-refractivity contribution in [2.75, 3.05) is 13.2 Å². The van der Waals surface area contributed by atoms with E-state index in [0.29, 0.717) is 0 Å². The Morgan fingerprint density at radius 1 is 1.04 bits per heavy atom. The standard InChI is InChI=1S/C19H22F3NO3/c1-3-5-6-7-8-26-16-10-14(20)12(9-15(16)21)13-11-23-18(17(13)22)19(24)25-4-2/h9-11,23H,3-8H2,1-2H3. The molecule has 0 spiro atoms. The molecule has 0 unspecified atom stereocenters. The Balaban J connectivity index is 2.19. The van der Waals surface area contributed by atoms with Gasteiger partial charge in [0.15, 0.2) is 23.1 Å². The Morgan fingerprint density at radius 3 is 2.50 bits per heavy atom. The van der Waals surface area contributed by atoms with Crippen LogP contribution in [0.1, 0.15) is 50.0 Å². The molecule has 1 aromatic heterocycles. The third-order valence-electron chi connectivity index (χ3n) is 3.86. The van der Waals surface area contributed by atoms with Gasteiger partial charge in [-0.1, -0.05) is 26.2 Å². The van der Waals surface area contributed by atoms with Crippen molar-refractivity contribution in [1.29, 1.82) is 0 Å². The number of hydrogen-bond acceptors (Lipinski definition) is 3. The zero-order valence-electron chi connectivity index (χ0n) is 14.8.